The van der Waals surface area contributed by atoms with E-state index in [0.29, 0.717) is 7.11 Å². The molecule has 0 N–H and O–H groups in total. The Bertz CT molecular complexity index is 494. The summed E-state index contributed by atoms with van der Waals surface area (Å²) >= 11 is 0. The zero-order valence-corrected chi connectivity index (χ0v) is 11.6. The van der Waals surface area contributed by atoms with Gasteiger partial charge in [-0.3, -0.25) is 4.79 Å². The summed E-state index contributed by atoms with van der Waals surface area (Å²) in [5, 5.41) is 0. The van der Waals surface area contributed by atoms with Gasteiger partial charge in [0, 0.05) is 6.42 Å². The van der Waals surface area contributed by atoms with Crippen molar-refractivity contribution in [3.05, 3.63) is 0 Å². The molecule has 0 bridgehead atoms. The van der Waals surface area contributed by atoms with E-state index in [0.717, 1.165) is 0 Å². The van der Waals surface area contributed by atoms with Crippen LogP contribution in [-0.4, -0.2) is 48.9 Å². The Kier molecular flexibility index (Phi) is 6.01. The van der Waals surface area contributed by atoms with Crippen molar-refractivity contribution in [2.45, 2.75) is 48.6 Å². The molecular formula is C10H7F13O2. The maximum Gasteiger partial charge on any atom is 0.460 e. The first-order chi connectivity index (χ1) is 10.7. The molecule has 0 amide bonds. The van der Waals surface area contributed by atoms with Gasteiger partial charge in [-0.2, -0.15) is 57.1 Å². The molecular weight excluding hydrogens is 399 g/mol. The van der Waals surface area contributed by atoms with Crippen LogP contribution in [-0.2, 0) is 9.53 Å². The molecule has 0 aliphatic rings. The molecule has 0 rings (SSSR count). The second-order valence-electron chi connectivity index (χ2n) is 4.58. The largest absolute Gasteiger partial charge is 0.469 e. The van der Waals surface area contributed by atoms with E-state index in [1.807, 2.05) is 0 Å². The number of rotatable bonds is 7. The van der Waals surface area contributed by atoms with Gasteiger partial charge in [-0.25, -0.2) is 0 Å². The first-order valence-corrected chi connectivity index (χ1v) is 5.73. The van der Waals surface area contributed by atoms with Crippen molar-refractivity contribution < 1.29 is 66.6 Å². The molecule has 0 fully saturated rings. The van der Waals surface area contributed by atoms with Crippen molar-refractivity contribution >= 4 is 5.97 Å². The van der Waals surface area contributed by atoms with Crippen LogP contribution < -0.4 is 0 Å². The minimum atomic E-state index is -7.93. The Morgan fingerprint density at radius 1 is 0.680 bits per heavy atom. The van der Waals surface area contributed by atoms with Crippen molar-refractivity contribution in [1.29, 1.82) is 0 Å². The van der Waals surface area contributed by atoms with Gasteiger partial charge in [0.25, 0.3) is 0 Å². The van der Waals surface area contributed by atoms with Crippen molar-refractivity contribution in [2.24, 2.45) is 0 Å². The molecule has 0 aliphatic heterocycles. The topological polar surface area (TPSA) is 26.3 Å². The molecule has 0 radical (unpaired) electrons. The van der Waals surface area contributed by atoms with Gasteiger partial charge in [0.2, 0.25) is 0 Å². The number of carbonyl (C=O) groups excluding carboxylic acids is 1. The highest BCUT2D eigenvalue weighted by Crippen LogP contribution is 2.60. The van der Waals surface area contributed by atoms with Crippen LogP contribution in [0.2, 0.25) is 0 Å². The first-order valence-electron chi connectivity index (χ1n) is 5.73. The summed E-state index contributed by atoms with van der Waals surface area (Å²) < 4.78 is 168. The highest BCUT2D eigenvalue weighted by molar-refractivity contribution is 5.69. The lowest BCUT2D eigenvalue weighted by molar-refractivity contribution is -0.440. The summed E-state index contributed by atoms with van der Waals surface area (Å²) in [5.74, 6) is -38.8. The molecule has 25 heavy (non-hydrogen) atoms. The second kappa shape index (κ2) is 6.37. The van der Waals surface area contributed by atoms with Gasteiger partial charge in [0.1, 0.15) is 0 Å². The number of esters is 1. The monoisotopic (exact) mass is 406 g/mol. The van der Waals surface area contributed by atoms with E-state index in [9.17, 15) is 61.9 Å². The number of ether oxygens (including phenoxy) is 1. The fourth-order valence-electron chi connectivity index (χ4n) is 1.32. The zero-order valence-electron chi connectivity index (χ0n) is 11.6. The van der Waals surface area contributed by atoms with Gasteiger partial charge < -0.3 is 4.74 Å². The minimum absolute atomic E-state index is 0.547. The van der Waals surface area contributed by atoms with Crippen molar-refractivity contribution in [3.63, 3.8) is 0 Å². The van der Waals surface area contributed by atoms with E-state index in [1.165, 1.54) is 0 Å². The molecule has 0 unspecified atom stereocenters. The Morgan fingerprint density at radius 3 is 1.36 bits per heavy atom. The van der Waals surface area contributed by atoms with Crippen LogP contribution in [0.25, 0.3) is 0 Å². The third kappa shape index (κ3) is 3.59. The maximum absolute atomic E-state index is 13.1. The van der Waals surface area contributed by atoms with E-state index in [4.69, 9.17) is 0 Å². The number of halogens is 13. The highest BCUT2D eigenvalue weighted by atomic mass is 19.4. The van der Waals surface area contributed by atoms with Crippen LogP contribution in [0.1, 0.15) is 12.8 Å². The molecule has 150 valence electrons. The summed E-state index contributed by atoms with van der Waals surface area (Å²) in [6.07, 6.45) is -11.8. The smallest absolute Gasteiger partial charge is 0.460 e. The lowest BCUT2D eigenvalue weighted by Crippen LogP contribution is -2.70. The van der Waals surface area contributed by atoms with Crippen molar-refractivity contribution in [1.82, 2.24) is 0 Å². The Morgan fingerprint density at radius 2 is 1.04 bits per heavy atom. The summed E-state index contributed by atoms with van der Waals surface area (Å²) in [6, 6.07) is 0. The molecule has 0 aliphatic carbocycles. The predicted octanol–water partition coefficient (Wildman–Crippen LogP) is 4.68. The Labute approximate surface area is 129 Å². The normalized spacial score (nSPS) is 15.3. The van der Waals surface area contributed by atoms with Gasteiger partial charge in [-0.15, -0.1) is 0 Å². The molecule has 15 heteroatoms. The fraction of sp³-hybridized carbons (Fsp3) is 0.900. The van der Waals surface area contributed by atoms with Gasteiger partial charge >= 0.3 is 41.8 Å². The van der Waals surface area contributed by atoms with Crippen LogP contribution in [0.3, 0.4) is 0 Å². The number of methoxy groups -OCH3 is 1. The average molecular weight is 406 g/mol. The molecule has 0 aromatic rings. The van der Waals surface area contributed by atoms with Gasteiger partial charge in [0.05, 0.1) is 13.5 Å². The third-order valence-electron chi connectivity index (χ3n) is 2.87. The number of hydrogen-bond donors (Lipinski definition) is 0. The Hall–Kier alpha value is -1.44. The molecule has 0 heterocycles. The van der Waals surface area contributed by atoms with Gasteiger partial charge in [0.15, 0.2) is 0 Å². The van der Waals surface area contributed by atoms with Crippen molar-refractivity contribution in [3.8, 4) is 0 Å². The fourth-order valence-corrected chi connectivity index (χ4v) is 1.32. The zero-order chi connectivity index (χ0) is 20.7. The van der Waals surface area contributed by atoms with Crippen LogP contribution in [0.5, 0.6) is 0 Å². The van der Waals surface area contributed by atoms with E-state index < -0.39 is 54.6 Å². The maximum atomic E-state index is 13.1. The summed E-state index contributed by atoms with van der Waals surface area (Å²) in [5.41, 5.74) is 0. The molecule has 0 aromatic carbocycles. The lowest BCUT2D eigenvalue weighted by atomic mass is 9.92. The number of carbonyl (C=O) groups is 1. The van der Waals surface area contributed by atoms with Crippen LogP contribution >= 0.6 is 0 Å². The SMILES string of the molecule is COC(=O)CCC(F)(F)C(F)(F)C(F)(F)C(F)(F)C(F)(F)C(F)(F)F. The third-order valence-corrected chi connectivity index (χ3v) is 2.87. The second-order valence-corrected chi connectivity index (χ2v) is 4.58. The predicted molar refractivity (Wildman–Crippen MR) is 52.0 cm³/mol. The quantitative estimate of drug-likeness (QED) is 0.454. The van der Waals surface area contributed by atoms with E-state index in [2.05, 4.69) is 4.74 Å². The average Bonchev–Trinajstić information content (AvgIpc) is 2.42. The molecule has 0 saturated carbocycles. The van der Waals surface area contributed by atoms with Gasteiger partial charge in [-0.1, -0.05) is 0 Å². The first kappa shape index (κ1) is 23.6. The summed E-state index contributed by atoms with van der Waals surface area (Å²) in [6.45, 7) is 0. The standard InChI is InChI=1S/C10H7F13O2/c1-25-4(24)2-3-5(11,12)6(13,14)7(15,16)8(17,18)9(19,20)10(21,22)23/h2-3H2,1H3. The molecule has 0 spiro atoms. The Balaban J connectivity index is 5.98. The molecule has 0 atom stereocenters. The summed E-state index contributed by atoms with van der Waals surface area (Å²) in [7, 11) is 0.547. The van der Waals surface area contributed by atoms with Crippen molar-refractivity contribution in [2.75, 3.05) is 7.11 Å². The number of hydrogen-bond acceptors (Lipinski definition) is 2. The summed E-state index contributed by atoms with van der Waals surface area (Å²) in [4.78, 5) is 10.5. The van der Waals surface area contributed by atoms with E-state index in [1.54, 1.807) is 0 Å². The lowest BCUT2D eigenvalue weighted by Gasteiger charge is -2.39. The van der Waals surface area contributed by atoms with Crippen LogP contribution in [0.4, 0.5) is 57.1 Å². The molecule has 0 saturated heterocycles. The highest BCUT2D eigenvalue weighted by Gasteiger charge is 2.90. The van der Waals surface area contributed by atoms with Gasteiger partial charge in [-0.05, 0) is 0 Å². The molecule has 0 aromatic heterocycles. The van der Waals surface area contributed by atoms with Crippen LogP contribution in [0.15, 0.2) is 0 Å². The number of alkyl halides is 13. The van der Waals surface area contributed by atoms with E-state index in [-0.39, 0.29) is 0 Å². The van der Waals surface area contributed by atoms with E-state index >= 15 is 0 Å². The van der Waals surface area contributed by atoms with Crippen LogP contribution in [0, 0.1) is 0 Å². The molecule has 2 nitrogen and oxygen atoms in total. The minimum Gasteiger partial charge on any atom is -0.469 e.